The van der Waals surface area contributed by atoms with Crippen LogP contribution in [0.2, 0.25) is 0 Å². The van der Waals surface area contributed by atoms with Gasteiger partial charge in [0.05, 0.1) is 6.61 Å². The molecule has 0 saturated carbocycles. The van der Waals surface area contributed by atoms with Crippen molar-refractivity contribution >= 4 is 27.7 Å². The molecule has 1 nitrogen and oxygen atoms in total. The molecule has 0 radical (unpaired) electrons. The van der Waals surface area contributed by atoms with Crippen molar-refractivity contribution in [2.24, 2.45) is 0 Å². The molecule has 1 rings (SSSR count). The molecule has 78 valence electrons. The number of hydrogen-bond acceptors (Lipinski definition) is 2. The molecule has 0 N–H and O–H groups in total. The molecule has 1 aromatic rings. The zero-order valence-electron chi connectivity index (χ0n) is 8.55. The summed E-state index contributed by atoms with van der Waals surface area (Å²) in [5, 5.41) is 0. The maximum absolute atomic E-state index is 5.68. The highest BCUT2D eigenvalue weighted by atomic mass is 79.9. The predicted molar refractivity (Wildman–Crippen MR) is 67.4 cm³/mol. The van der Waals surface area contributed by atoms with Crippen LogP contribution in [0, 0.1) is 6.92 Å². The Hall–Kier alpha value is -0.150. The molecule has 3 heteroatoms. The minimum atomic E-state index is 0.804. The molecule has 1 aromatic carbocycles. The van der Waals surface area contributed by atoms with Crippen molar-refractivity contribution in [3.8, 4) is 5.75 Å². The van der Waals surface area contributed by atoms with Crippen LogP contribution in [0.5, 0.6) is 5.75 Å². The van der Waals surface area contributed by atoms with Crippen molar-refractivity contribution in [1.82, 2.24) is 0 Å². The molecule has 0 saturated heterocycles. The molecular weight excluding hydrogens is 260 g/mol. The average Bonchev–Trinajstić information content (AvgIpc) is 2.19. The summed E-state index contributed by atoms with van der Waals surface area (Å²) in [7, 11) is 0. The van der Waals surface area contributed by atoms with E-state index in [4.69, 9.17) is 4.74 Å². The van der Waals surface area contributed by atoms with Gasteiger partial charge in [-0.15, -0.1) is 0 Å². The van der Waals surface area contributed by atoms with E-state index < -0.39 is 0 Å². The molecule has 0 unspecified atom stereocenters. The fraction of sp³-hybridized carbons (Fsp3) is 0.455. The van der Waals surface area contributed by atoms with Gasteiger partial charge in [-0.1, -0.05) is 22.0 Å². The van der Waals surface area contributed by atoms with Gasteiger partial charge < -0.3 is 4.74 Å². The largest absolute Gasteiger partial charge is 0.493 e. The number of thioether (sulfide) groups is 1. The van der Waals surface area contributed by atoms with Crippen LogP contribution in [0.3, 0.4) is 0 Å². The highest BCUT2D eigenvalue weighted by molar-refractivity contribution is 9.10. The first-order valence-corrected chi connectivity index (χ1v) is 6.81. The Labute approximate surface area is 98.4 Å². The van der Waals surface area contributed by atoms with Crippen LogP contribution < -0.4 is 4.74 Å². The Morgan fingerprint density at radius 3 is 2.93 bits per heavy atom. The van der Waals surface area contributed by atoms with Crippen molar-refractivity contribution in [3.05, 3.63) is 28.2 Å². The maximum atomic E-state index is 5.68. The summed E-state index contributed by atoms with van der Waals surface area (Å²) in [4.78, 5) is 0. The second kappa shape index (κ2) is 6.36. The Morgan fingerprint density at radius 2 is 2.21 bits per heavy atom. The standard InChI is InChI=1S/C11H15BrOS/c1-9-10(12)5-3-6-11(9)13-7-4-8-14-2/h3,5-6H,4,7-8H2,1-2H3. The van der Waals surface area contributed by atoms with Crippen LogP contribution in [0.1, 0.15) is 12.0 Å². The average molecular weight is 275 g/mol. The fourth-order valence-electron chi connectivity index (χ4n) is 1.13. The first-order valence-electron chi connectivity index (χ1n) is 4.62. The van der Waals surface area contributed by atoms with Crippen molar-refractivity contribution in [1.29, 1.82) is 0 Å². The lowest BCUT2D eigenvalue weighted by Crippen LogP contribution is -2.00. The Kier molecular flexibility index (Phi) is 5.41. The van der Waals surface area contributed by atoms with Gasteiger partial charge in [-0.3, -0.25) is 0 Å². The topological polar surface area (TPSA) is 9.23 Å². The molecule has 0 heterocycles. The van der Waals surface area contributed by atoms with E-state index in [0.717, 1.165) is 29.0 Å². The van der Waals surface area contributed by atoms with E-state index in [1.807, 2.05) is 30.0 Å². The van der Waals surface area contributed by atoms with Gasteiger partial charge >= 0.3 is 0 Å². The van der Waals surface area contributed by atoms with Gasteiger partial charge in [0.2, 0.25) is 0 Å². The zero-order valence-corrected chi connectivity index (χ0v) is 11.0. The van der Waals surface area contributed by atoms with Crippen LogP contribution in [0.25, 0.3) is 0 Å². The van der Waals surface area contributed by atoms with Gasteiger partial charge in [-0.05, 0) is 37.5 Å². The molecule has 0 amide bonds. The number of hydrogen-bond donors (Lipinski definition) is 0. The maximum Gasteiger partial charge on any atom is 0.123 e. The van der Waals surface area contributed by atoms with Gasteiger partial charge in [-0.2, -0.15) is 11.8 Å². The summed E-state index contributed by atoms with van der Waals surface area (Å²) in [6, 6.07) is 6.05. The van der Waals surface area contributed by atoms with Gasteiger partial charge in [-0.25, -0.2) is 0 Å². The van der Waals surface area contributed by atoms with Crippen LogP contribution >= 0.6 is 27.7 Å². The van der Waals surface area contributed by atoms with E-state index in [2.05, 4.69) is 29.1 Å². The number of benzene rings is 1. The molecule has 0 fully saturated rings. The third-order valence-electron chi connectivity index (χ3n) is 1.97. The second-order valence-corrected chi connectivity index (χ2v) is 4.90. The van der Waals surface area contributed by atoms with Crippen molar-refractivity contribution in [3.63, 3.8) is 0 Å². The third-order valence-corrected chi connectivity index (χ3v) is 3.52. The number of halogens is 1. The van der Waals surface area contributed by atoms with E-state index in [1.54, 1.807) is 0 Å². The molecular formula is C11H15BrOS. The quantitative estimate of drug-likeness (QED) is 0.754. The molecule has 0 atom stereocenters. The molecule has 0 spiro atoms. The molecule has 0 aliphatic rings. The third kappa shape index (κ3) is 3.54. The summed E-state index contributed by atoms with van der Waals surface area (Å²) in [5.74, 6) is 2.15. The fourth-order valence-corrected chi connectivity index (χ4v) is 1.88. The van der Waals surface area contributed by atoms with Crippen molar-refractivity contribution in [2.45, 2.75) is 13.3 Å². The highest BCUT2D eigenvalue weighted by Crippen LogP contribution is 2.25. The van der Waals surface area contributed by atoms with Crippen LogP contribution in [-0.2, 0) is 0 Å². The Morgan fingerprint density at radius 1 is 1.43 bits per heavy atom. The van der Waals surface area contributed by atoms with Gasteiger partial charge in [0, 0.05) is 10.0 Å². The minimum Gasteiger partial charge on any atom is -0.493 e. The lowest BCUT2D eigenvalue weighted by Gasteiger charge is -2.09. The van der Waals surface area contributed by atoms with Crippen LogP contribution in [-0.4, -0.2) is 18.6 Å². The smallest absolute Gasteiger partial charge is 0.123 e. The Balaban J connectivity index is 2.46. The first-order chi connectivity index (χ1) is 6.75. The van der Waals surface area contributed by atoms with E-state index >= 15 is 0 Å². The van der Waals surface area contributed by atoms with Gasteiger partial charge in [0.15, 0.2) is 0 Å². The van der Waals surface area contributed by atoms with Crippen LogP contribution in [0.15, 0.2) is 22.7 Å². The Bertz CT molecular complexity index is 289. The molecule has 0 bridgehead atoms. The zero-order chi connectivity index (χ0) is 10.4. The number of ether oxygens (including phenoxy) is 1. The van der Waals surface area contributed by atoms with E-state index in [0.29, 0.717) is 0 Å². The summed E-state index contributed by atoms with van der Waals surface area (Å²) in [6.45, 7) is 2.87. The minimum absolute atomic E-state index is 0.804. The summed E-state index contributed by atoms with van der Waals surface area (Å²) in [6.07, 6.45) is 3.22. The lowest BCUT2D eigenvalue weighted by atomic mass is 10.2. The second-order valence-electron chi connectivity index (χ2n) is 3.06. The van der Waals surface area contributed by atoms with Gasteiger partial charge in [0.25, 0.3) is 0 Å². The SMILES string of the molecule is CSCCCOc1cccc(Br)c1C. The number of rotatable bonds is 5. The molecule has 0 aliphatic carbocycles. The summed E-state index contributed by atoms with van der Waals surface area (Å²) < 4.78 is 6.79. The molecule has 0 aromatic heterocycles. The predicted octanol–water partition coefficient (Wildman–Crippen LogP) is 3.89. The molecule has 14 heavy (non-hydrogen) atoms. The monoisotopic (exact) mass is 274 g/mol. The van der Waals surface area contributed by atoms with Crippen LogP contribution in [0.4, 0.5) is 0 Å². The summed E-state index contributed by atoms with van der Waals surface area (Å²) in [5.41, 5.74) is 1.18. The normalized spacial score (nSPS) is 10.2. The van der Waals surface area contributed by atoms with E-state index in [-0.39, 0.29) is 0 Å². The van der Waals surface area contributed by atoms with Gasteiger partial charge in [0.1, 0.15) is 5.75 Å². The van der Waals surface area contributed by atoms with Crippen molar-refractivity contribution in [2.75, 3.05) is 18.6 Å². The van der Waals surface area contributed by atoms with Crippen molar-refractivity contribution < 1.29 is 4.74 Å². The lowest BCUT2D eigenvalue weighted by molar-refractivity contribution is 0.316. The van der Waals surface area contributed by atoms with E-state index in [1.165, 1.54) is 5.56 Å². The first kappa shape index (κ1) is 11.9. The van der Waals surface area contributed by atoms with E-state index in [9.17, 15) is 0 Å². The summed E-state index contributed by atoms with van der Waals surface area (Å²) >= 11 is 5.34. The highest BCUT2D eigenvalue weighted by Gasteiger charge is 2.01. The molecule has 0 aliphatic heterocycles.